The normalized spacial score (nSPS) is 10.3. The molecule has 0 bridgehead atoms. The van der Waals surface area contributed by atoms with Crippen LogP contribution in [0.25, 0.3) is 32.3 Å². The van der Waals surface area contributed by atoms with Crippen molar-refractivity contribution in [1.29, 1.82) is 0 Å². The lowest BCUT2D eigenvalue weighted by Crippen LogP contribution is -1.73. The van der Waals surface area contributed by atoms with E-state index in [9.17, 15) is 20.4 Å². The van der Waals surface area contributed by atoms with E-state index >= 15 is 0 Å². The predicted octanol–water partition coefficient (Wildman–Crippen LogP) is 6.75. The molecule has 6 rings (SSSR count). The van der Waals surface area contributed by atoms with Gasteiger partial charge in [0.15, 0.2) is 0 Å². The molecule has 0 amide bonds. The smallest absolute Gasteiger partial charge is 0.127 e. The average molecular weight is 481 g/mol. The van der Waals surface area contributed by atoms with E-state index in [4.69, 9.17) is 10.2 Å². The minimum absolute atomic E-state index is 0.0891. The van der Waals surface area contributed by atoms with Crippen LogP contribution in [-0.4, -0.2) is 30.6 Å². The highest BCUT2D eigenvalue weighted by molar-refractivity contribution is 5.92. The van der Waals surface area contributed by atoms with Gasteiger partial charge < -0.3 is 30.6 Å². The third-order valence-corrected chi connectivity index (χ3v) is 5.54. The molecule has 36 heavy (non-hydrogen) atoms. The minimum atomic E-state index is 0.0891. The first-order chi connectivity index (χ1) is 17.3. The number of aromatic hydroxyl groups is 6. The molecule has 6 heteroatoms. The van der Waals surface area contributed by atoms with E-state index in [1.807, 2.05) is 30.3 Å². The van der Waals surface area contributed by atoms with Crippen LogP contribution in [-0.2, 0) is 0 Å². The third kappa shape index (κ3) is 5.34. The molecular weight excluding hydrogens is 456 g/mol. The average Bonchev–Trinajstić information content (AvgIpc) is 2.86. The van der Waals surface area contributed by atoms with E-state index in [2.05, 4.69) is 0 Å². The van der Waals surface area contributed by atoms with Crippen LogP contribution in [0.15, 0.2) is 109 Å². The van der Waals surface area contributed by atoms with Crippen molar-refractivity contribution in [2.45, 2.75) is 0 Å². The topological polar surface area (TPSA) is 121 Å². The van der Waals surface area contributed by atoms with E-state index in [0.29, 0.717) is 10.8 Å². The number of hydrogen-bond acceptors (Lipinski definition) is 6. The molecule has 0 atom stereocenters. The molecule has 6 N–H and O–H groups in total. The maximum absolute atomic E-state index is 9.39. The zero-order valence-electron chi connectivity index (χ0n) is 19.1. The number of fused-ring (bicyclic) bond motifs is 3. The van der Waals surface area contributed by atoms with Gasteiger partial charge in [0.25, 0.3) is 0 Å². The summed E-state index contributed by atoms with van der Waals surface area (Å²) in [4.78, 5) is 0. The fourth-order valence-electron chi connectivity index (χ4n) is 3.81. The van der Waals surface area contributed by atoms with Gasteiger partial charge in [-0.2, -0.15) is 0 Å². The number of hydrogen-bond donors (Lipinski definition) is 6. The molecule has 0 spiro atoms. The maximum atomic E-state index is 9.39. The summed E-state index contributed by atoms with van der Waals surface area (Å²) in [6.07, 6.45) is 0. The second-order valence-electron chi connectivity index (χ2n) is 8.02. The summed E-state index contributed by atoms with van der Waals surface area (Å²) in [5, 5.41) is 60.4. The summed E-state index contributed by atoms with van der Waals surface area (Å²) >= 11 is 0. The number of benzene rings is 6. The third-order valence-electron chi connectivity index (χ3n) is 5.54. The summed E-state index contributed by atoms with van der Waals surface area (Å²) < 4.78 is 0. The largest absolute Gasteiger partial charge is 0.508 e. The molecule has 6 aromatic carbocycles. The highest BCUT2D eigenvalue weighted by Gasteiger charge is 2.02. The van der Waals surface area contributed by atoms with Gasteiger partial charge >= 0.3 is 0 Å². The molecule has 0 unspecified atom stereocenters. The lowest BCUT2D eigenvalue weighted by molar-refractivity contribution is 0.455. The maximum Gasteiger partial charge on any atom is 0.127 e. The molecule has 180 valence electrons. The van der Waals surface area contributed by atoms with Crippen molar-refractivity contribution in [3.05, 3.63) is 109 Å². The lowest BCUT2D eigenvalue weighted by atomic mass is 10.1. The van der Waals surface area contributed by atoms with Crippen LogP contribution < -0.4 is 0 Å². The first kappa shape index (κ1) is 24.0. The molecule has 0 saturated heterocycles. The molecule has 0 saturated carbocycles. The minimum Gasteiger partial charge on any atom is -0.508 e. The Morgan fingerprint density at radius 3 is 1.39 bits per heavy atom. The monoisotopic (exact) mass is 480 g/mol. The number of phenolic OH excluding ortho intramolecular Hbond substituents is 6. The van der Waals surface area contributed by atoms with Gasteiger partial charge in [0, 0.05) is 27.6 Å². The number of rotatable bonds is 0. The van der Waals surface area contributed by atoms with Crippen LogP contribution in [0.4, 0.5) is 0 Å². The van der Waals surface area contributed by atoms with Gasteiger partial charge in [0.05, 0.1) is 0 Å². The van der Waals surface area contributed by atoms with Crippen LogP contribution >= 0.6 is 0 Å². The molecular formula is C30H24O6. The first-order valence-corrected chi connectivity index (χ1v) is 11.0. The highest BCUT2D eigenvalue weighted by Crippen LogP contribution is 2.30. The molecule has 0 aliphatic heterocycles. The lowest BCUT2D eigenvalue weighted by Gasteiger charge is -2.01. The van der Waals surface area contributed by atoms with Crippen LogP contribution in [0, 0.1) is 0 Å². The van der Waals surface area contributed by atoms with Gasteiger partial charge in [-0.15, -0.1) is 0 Å². The van der Waals surface area contributed by atoms with Crippen LogP contribution in [0.1, 0.15) is 0 Å². The van der Waals surface area contributed by atoms with E-state index in [-0.39, 0.29) is 34.5 Å². The Balaban J connectivity index is 0.000000127. The highest BCUT2D eigenvalue weighted by atomic mass is 16.3. The van der Waals surface area contributed by atoms with Crippen LogP contribution in [0.2, 0.25) is 0 Å². The van der Waals surface area contributed by atoms with Crippen LogP contribution in [0.5, 0.6) is 34.5 Å². The Bertz CT molecular complexity index is 1600. The summed E-state index contributed by atoms with van der Waals surface area (Å²) in [6, 6.07) is 30.5. The van der Waals surface area contributed by atoms with Gasteiger partial charge in [-0.25, -0.2) is 0 Å². The van der Waals surface area contributed by atoms with Gasteiger partial charge in [-0.1, -0.05) is 60.7 Å². The summed E-state index contributed by atoms with van der Waals surface area (Å²) in [5.41, 5.74) is 0. The van der Waals surface area contributed by atoms with Gasteiger partial charge in [0.2, 0.25) is 0 Å². The van der Waals surface area contributed by atoms with E-state index in [0.717, 1.165) is 21.5 Å². The molecule has 0 aromatic heterocycles. The molecule has 0 aliphatic rings. The van der Waals surface area contributed by atoms with Crippen molar-refractivity contribution in [3.63, 3.8) is 0 Å². The van der Waals surface area contributed by atoms with Gasteiger partial charge in [-0.05, 0) is 53.2 Å². The van der Waals surface area contributed by atoms with Crippen molar-refractivity contribution < 1.29 is 30.6 Å². The van der Waals surface area contributed by atoms with Crippen molar-refractivity contribution in [2.75, 3.05) is 0 Å². The predicted molar refractivity (Wildman–Crippen MR) is 142 cm³/mol. The van der Waals surface area contributed by atoms with Gasteiger partial charge in [-0.3, -0.25) is 0 Å². The Morgan fingerprint density at radius 2 is 0.750 bits per heavy atom. The first-order valence-electron chi connectivity index (χ1n) is 11.0. The molecule has 0 heterocycles. The second-order valence-corrected chi connectivity index (χ2v) is 8.02. The Morgan fingerprint density at radius 1 is 0.306 bits per heavy atom. The fourth-order valence-corrected chi connectivity index (χ4v) is 3.81. The van der Waals surface area contributed by atoms with Crippen molar-refractivity contribution >= 4 is 32.3 Å². The van der Waals surface area contributed by atoms with Gasteiger partial charge in [0.1, 0.15) is 34.5 Å². The summed E-state index contributed by atoms with van der Waals surface area (Å²) in [5.74, 6) is 1.06. The molecule has 0 fully saturated rings. The quantitative estimate of drug-likeness (QED) is 0.143. The zero-order valence-corrected chi connectivity index (χ0v) is 19.1. The molecule has 0 radical (unpaired) electrons. The van der Waals surface area contributed by atoms with E-state index in [1.54, 1.807) is 72.8 Å². The molecule has 0 aliphatic carbocycles. The Kier molecular flexibility index (Phi) is 6.97. The summed E-state index contributed by atoms with van der Waals surface area (Å²) in [7, 11) is 0. The Labute approximate surface area is 206 Å². The number of phenols is 6. The van der Waals surface area contributed by atoms with E-state index in [1.165, 1.54) is 6.07 Å². The second kappa shape index (κ2) is 10.4. The van der Waals surface area contributed by atoms with Crippen molar-refractivity contribution in [3.8, 4) is 34.5 Å². The van der Waals surface area contributed by atoms with Crippen molar-refractivity contribution in [1.82, 2.24) is 0 Å². The molecule has 6 nitrogen and oxygen atoms in total. The fraction of sp³-hybridized carbons (Fsp3) is 0. The molecule has 6 aromatic rings. The standard InChI is InChI=1S/3C10H8O2/c11-9-5-1-3-7-8(9)4-2-6-10(7)12;11-8-4-5-9-7(6-8)2-1-3-10(9)12;11-8-5-7-3-1-2-4-9(7)10(12)6-8/h3*1-6,11-12H. The Hall–Kier alpha value is -5.10. The SMILES string of the molecule is Oc1cc(O)c2ccccc2c1.Oc1ccc2c(O)cccc2c1.Oc1cccc2c(O)cccc12. The van der Waals surface area contributed by atoms with Crippen LogP contribution in [0.3, 0.4) is 0 Å². The van der Waals surface area contributed by atoms with E-state index < -0.39 is 0 Å². The van der Waals surface area contributed by atoms with Crippen molar-refractivity contribution in [2.24, 2.45) is 0 Å². The zero-order chi connectivity index (χ0) is 25.7. The summed E-state index contributed by atoms with van der Waals surface area (Å²) in [6.45, 7) is 0.